The van der Waals surface area contributed by atoms with Crippen LogP contribution in [0.4, 0.5) is 0 Å². The van der Waals surface area contributed by atoms with E-state index < -0.39 is 0 Å². The van der Waals surface area contributed by atoms with Gasteiger partial charge < -0.3 is 14.2 Å². The number of ether oxygens (including phenoxy) is 3. The summed E-state index contributed by atoms with van der Waals surface area (Å²) in [5.74, 6) is 1.01. The van der Waals surface area contributed by atoms with Crippen LogP contribution in [0.2, 0.25) is 0 Å². The zero-order chi connectivity index (χ0) is 13.8. The SMILES string of the molecule is COC(=O)Cc1ccc(OC)c(OC(C)(C)C)c1. The second-order valence-electron chi connectivity index (χ2n) is 4.95. The third-order valence-electron chi connectivity index (χ3n) is 2.22. The molecule has 1 aromatic carbocycles. The van der Waals surface area contributed by atoms with Crippen molar-refractivity contribution in [2.45, 2.75) is 32.8 Å². The summed E-state index contributed by atoms with van der Waals surface area (Å²) in [6.07, 6.45) is 0.223. The normalized spacial score (nSPS) is 10.9. The van der Waals surface area contributed by atoms with E-state index in [2.05, 4.69) is 4.74 Å². The second kappa shape index (κ2) is 5.76. The average Bonchev–Trinajstić information content (AvgIpc) is 2.27. The highest BCUT2D eigenvalue weighted by Gasteiger charge is 2.16. The average molecular weight is 252 g/mol. The van der Waals surface area contributed by atoms with Gasteiger partial charge in [-0.05, 0) is 38.5 Å². The molecular formula is C14H20O4. The number of rotatable bonds is 4. The van der Waals surface area contributed by atoms with Gasteiger partial charge in [0.15, 0.2) is 11.5 Å². The summed E-state index contributed by atoms with van der Waals surface area (Å²) in [4.78, 5) is 11.2. The third kappa shape index (κ3) is 4.28. The topological polar surface area (TPSA) is 44.8 Å². The fourth-order valence-corrected chi connectivity index (χ4v) is 1.48. The standard InChI is InChI=1S/C14H20O4/c1-14(2,3)18-12-8-10(9-13(15)17-5)6-7-11(12)16-4/h6-8H,9H2,1-5H3. The molecular weight excluding hydrogens is 232 g/mol. The van der Waals surface area contributed by atoms with Crippen molar-refractivity contribution >= 4 is 5.97 Å². The highest BCUT2D eigenvalue weighted by atomic mass is 16.5. The minimum atomic E-state index is -0.322. The van der Waals surface area contributed by atoms with Crippen molar-refractivity contribution in [3.05, 3.63) is 23.8 Å². The summed E-state index contributed by atoms with van der Waals surface area (Å²) in [7, 11) is 2.96. The monoisotopic (exact) mass is 252 g/mol. The molecule has 0 radical (unpaired) electrons. The molecule has 1 rings (SSSR count). The Morgan fingerprint density at radius 2 is 1.83 bits per heavy atom. The largest absolute Gasteiger partial charge is 0.493 e. The lowest BCUT2D eigenvalue weighted by Gasteiger charge is -2.23. The Kier molecular flexibility index (Phi) is 4.59. The minimum absolute atomic E-state index is 0.223. The maximum atomic E-state index is 11.2. The molecule has 0 spiro atoms. The van der Waals surface area contributed by atoms with Gasteiger partial charge in [-0.3, -0.25) is 4.79 Å². The van der Waals surface area contributed by atoms with Gasteiger partial charge in [-0.2, -0.15) is 0 Å². The molecule has 0 atom stereocenters. The predicted molar refractivity (Wildman–Crippen MR) is 69.1 cm³/mol. The van der Waals surface area contributed by atoms with Crippen LogP contribution in [0, 0.1) is 0 Å². The molecule has 0 amide bonds. The zero-order valence-corrected chi connectivity index (χ0v) is 11.6. The molecule has 0 aliphatic heterocycles. The van der Waals surface area contributed by atoms with Gasteiger partial charge in [-0.25, -0.2) is 0 Å². The highest BCUT2D eigenvalue weighted by Crippen LogP contribution is 2.31. The number of carbonyl (C=O) groups excluding carboxylic acids is 1. The van der Waals surface area contributed by atoms with E-state index >= 15 is 0 Å². The van der Waals surface area contributed by atoms with Crippen LogP contribution in [0.1, 0.15) is 26.3 Å². The molecule has 0 heterocycles. The lowest BCUT2D eigenvalue weighted by atomic mass is 10.1. The Morgan fingerprint density at radius 3 is 2.33 bits per heavy atom. The predicted octanol–water partition coefficient (Wildman–Crippen LogP) is 2.59. The quantitative estimate of drug-likeness (QED) is 0.773. The fourth-order valence-electron chi connectivity index (χ4n) is 1.48. The molecule has 0 fully saturated rings. The lowest BCUT2D eigenvalue weighted by molar-refractivity contribution is -0.139. The van der Waals surface area contributed by atoms with Crippen molar-refractivity contribution in [3.8, 4) is 11.5 Å². The van der Waals surface area contributed by atoms with Gasteiger partial charge in [0.1, 0.15) is 5.60 Å². The Bertz CT molecular complexity index is 418. The van der Waals surface area contributed by atoms with Crippen molar-refractivity contribution < 1.29 is 19.0 Å². The van der Waals surface area contributed by atoms with Gasteiger partial charge in [0.05, 0.1) is 20.6 Å². The summed E-state index contributed by atoms with van der Waals surface area (Å²) >= 11 is 0. The first-order valence-electron chi connectivity index (χ1n) is 5.78. The van der Waals surface area contributed by atoms with Crippen LogP contribution in [0.3, 0.4) is 0 Å². The van der Waals surface area contributed by atoms with E-state index in [1.165, 1.54) is 7.11 Å². The molecule has 0 bridgehead atoms. The Labute approximate surface area is 108 Å². The number of benzene rings is 1. The van der Waals surface area contributed by atoms with Crippen molar-refractivity contribution in [1.29, 1.82) is 0 Å². The summed E-state index contributed by atoms with van der Waals surface area (Å²) in [5, 5.41) is 0. The molecule has 0 aliphatic carbocycles. The van der Waals surface area contributed by atoms with E-state index in [1.54, 1.807) is 19.2 Å². The Balaban J connectivity index is 2.98. The van der Waals surface area contributed by atoms with E-state index in [-0.39, 0.29) is 18.0 Å². The molecule has 4 heteroatoms. The van der Waals surface area contributed by atoms with Gasteiger partial charge in [-0.1, -0.05) is 6.07 Å². The number of hydrogen-bond donors (Lipinski definition) is 0. The van der Waals surface area contributed by atoms with E-state index in [0.29, 0.717) is 11.5 Å². The zero-order valence-electron chi connectivity index (χ0n) is 11.6. The highest BCUT2D eigenvalue weighted by molar-refractivity contribution is 5.72. The Morgan fingerprint density at radius 1 is 1.17 bits per heavy atom. The molecule has 1 aromatic rings. The van der Waals surface area contributed by atoms with Crippen LogP contribution < -0.4 is 9.47 Å². The molecule has 0 saturated carbocycles. The molecule has 0 aromatic heterocycles. The number of carbonyl (C=O) groups is 1. The summed E-state index contributed by atoms with van der Waals surface area (Å²) in [6, 6.07) is 5.42. The van der Waals surface area contributed by atoms with Crippen LogP contribution in [0.5, 0.6) is 11.5 Å². The van der Waals surface area contributed by atoms with Gasteiger partial charge in [0.25, 0.3) is 0 Å². The number of hydrogen-bond acceptors (Lipinski definition) is 4. The van der Waals surface area contributed by atoms with Crippen LogP contribution in [-0.2, 0) is 16.0 Å². The van der Waals surface area contributed by atoms with Crippen LogP contribution in [0.25, 0.3) is 0 Å². The summed E-state index contributed by atoms with van der Waals surface area (Å²) in [6.45, 7) is 5.87. The first-order valence-corrected chi connectivity index (χ1v) is 5.78. The maximum absolute atomic E-state index is 11.2. The lowest BCUT2D eigenvalue weighted by Crippen LogP contribution is -2.23. The van der Waals surface area contributed by atoms with Crippen molar-refractivity contribution in [2.24, 2.45) is 0 Å². The first kappa shape index (κ1) is 14.4. The van der Waals surface area contributed by atoms with Gasteiger partial charge >= 0.3 is 5.97 Å². The van der Waals surface area contributed by atoms with Crippen LogP contribution in [0.15, 0.2) is 18.2 Å². The van der Waals surface area contributed by atoms with Crippen molar-refractivity contribution in [3.63, 3.8) is 0 Å². The molecule has 0 aliphatic rings. The van der Waals surface area contributed by atoms with Gasteiger partial charge in [0.2, 0.25) is 0 Å². The van der Waals surface area contributed by atoms with Crippen molar-refractivity contribution in [1.82, 2.24) is 0 Å². The smallest absolute Gasteiger partial charge is 0.309 e. The molecule has 0 N–H and O–H groups in total. The maximum Gasteiger partial charge on any atom is 0.309 e. The first-order chi connectivity index (χ1) is 8.35. The van der Waals surface area contributed by atoms with E-state index in [0.717, 1.165) is 5.56 Å². The molecule has 4 nitrogen and oxygen atoms in total. The summed E-state index contributed by atoms with van der Waals surface area (Å²) in [5.41, 5.74) is 0.513. The number of esters is 1. The molecule has 18 heavy (non-hydrogen) atoms. The Hall–Kier alpha value is -1.71. The van der Waals surface area contributed by atoms with Gasteiger partial charge in [-0.15, -0.1) is 0 Å². The second-order valence-corrected chi connectivity index (χ2v) is 4.95. The van der Waals surface area contributed by atoms with E-state index in [4.69, 9.17) is 9.47 Å². The van der Waals surface area contributed by atoms with E-state index in [9.17, 15) is 4.79 Å². The third-order valence-corrected chi connectivity index (χ3v) is 2.22. The van der Waals surface area contributed by atoms with Gasteiger partial charge in [0, 0.05) is 0 Å². The molecule has 0 unspecified atom stereocenters. The molecule has 100 valence electrons. The van der Waals surface area contributed by atoms with E-state index in [1.807, 2.05) is 26.8 Å². The minimum Gasteiger partial charge on any atom is -0.493 e. The van der Waals surface area contributed by atoms with Crippen LogP contribution >= 0.6 is 0 Å². The number of methoxy groups -OCH3 is 2. The summed E-state index contributed by atoms with van der Waals surface area (Å²) < 4.78 is 15.7. The van der Waals surface area contributed by atoms with Crippen LogP contribution in [-0.4, -0.2) is 25.8 Å². The molecule has 0 saturated heterocycles. The van der Waals surface area contributed by atoms with Crippen molar-refractivity contribution in [2.75, 3.05) is 14.2 Å². The fraction of sp³-hybridized carbons (Fsp3) is 0.500.